The van der Waals surface area contributed by atoms with Crippen molar-refractivity contribution in [3.63, 3.8) is 0 Å². The largest absolute Gasteiger partial charge is 0.379 e. The summed E-state index contributed by atoms with van der Waals surface area (Å²) in [7, 11) is 1.88. The van der Waals surface area contributed by atoms with Crippen LogP contribution >= 0.6 is 0 Å². The van der Waals surface area contributed by atoms with Crippen LogP contribution in [0.4, 0.5) is 0 Å². The van der Waals surface area contributed by atoms with Gasteiger partial charge in [-0.1, -0.05) is 19.3 Å². The van der Waals surface area contributed by atoms with Crippen molar-refractivity contribution in [2.45, 2.75) is 31.7 Å². The second-order valence-corrected chi connectivity index (χ2v) is 4.92. The fourth-order valence-electron chi connectivity index (χ4n) is 2.41. The molecule has 0 aromatic heterocycles. The Bertz CT molecular complexity index is 241. The van der Waals surface area contributed by atoms with Crippen LogP contribution in [0.1, 0.15) is 25.7 Å². The molecule has 0 bridgehead atoms. The lowest BCUT2D eigenvalue weighted by atomic mass is 9.83. The van der Waals surface area contributed by atoms with E-state index < -0.39 is 0 Å². The number of likely N-dealkylation sites (N-methyl/N-ethyl adjacent to an activating group) is 1. The second kappa shape index (κ2) is 5.64. The number of amides is 1. The zero-order valence-corrected chi connectivity index (χ0v) is 10.00. The van der Waals surface area contributed by atoms with E-state index in [-0.39, 0.29) is 17.9 Å². The number of carbonyl (C=O) groups is 1. The number of hydrogen-bond donors (Lipinski definition) is 2. The normalized spacial score (nSPS) is 30.1. The van der Waals surface area contributed by atoms with Gasteiger partial charge in [-0.05, 0) is 19.4 Å². The number of nitrogens with one attached hydrogen (secondary N) is 2. The van der Waals surface area contributed by atoms with Crippen molar-refractivity contribution >= 4 is 5.91 Å². The van der Waals surface area contributed by atoms with Gasteiger partial charge in [0.15, 0.2) is 0 Å². The van der Waals surface area contributed by atoms with Crippen LogP contribution in [0.15, 0.2) is 0 Å². The van der Waals surface area contributed by atoms with Crippen LogP contribution in [0.2, 0.25) is 0 Å². The van der Waals surface area contributed by atoms with Gasteiger partial charge in [0, 0.05) is 12.6 Å². The number of rotatable bonds is 5. The summed E-state index contributed by atoms with van der Waals surface area (Å²) in [5, 5.41) is 6.16. The van der Waals surface area contributed by atoms with Gasteiger partial charge in [0.25, 0.3) is 0 Å². The molecule has 2 N–H and O–H groups in total. The minimum Gasteiger partial charge on any atom is -0.379 e. The molecule has 2 atom stereocenters. The van der Waals surface area contributed by atoms with Gasteiger partial charge >= 0.3 is 0 Å². The molecule has 1 saturated carbocycles. The molecule has 4 nitrogen and oxygen atoms in total. The van der Waals surface area contributed by atoms with E-state index in [0.29, 0.717) is 13.2 Å². The zero-order valence-electron chi connectivity index (χ0n) is 10.00. The van der Waals surface area contributed by atoms with E-state index in [0.717, 1.165) is 18.9 Å². The third kappa shape index (κ3) is 2.74. The molecule has 4 heteroatoms. The average Bonchev–Trinajstić information content (AvgIpc) is 2.69. The topological polar surface area (TPSA) is 50.4 Å². The fraction of sp³-hybridized carbons (Fsp3) is 0.917. The highest BCUT2D eigenvalue weighted by Gasteiger charge is 2.32. The Morgan fingerprint density at radius 1 is 1.38 bits per heavy atom. The van der Waals surface area contributed by atoms with E-state index in [2.05, 4.69) is 10.6 Å². The molecule has 0 spiro atoms. The van der Waals surface area contributed by atoms with E-state index in [1.165, 1.54) is 19.3 Å². The highest BCUT2D eigenvalue weighted by Crippen LogP contribution is 2.28. The van der Waals surface area contributed by atoms with Crippen LogP contribution in [-0.4, -0.2) is 38.8 Å². The highest BCUT2D eigenvalue weighted by molar-refractivity contribution is 5.79. The quantitative estimate of drug-likeness (QED) is 0.719. The van der Waals surface area contributed by atoms with Crippen molar-refractivity contribution in [2.75, 3.05) is 26.8 Å². The number of carbonyl (C=O) groups excluding carboxylic acids is 1. The Kier molecular flexibility index (Phi) is 4.18. The van der Waals surface area contributed by atoms with Gasteiger partial charge in [-0.25, -0.2) is 0 Å². The molecule has 1 heterocycles. The first-order valence-electron chi connectivity index (χ1n) is 6.34. The van der Waals surface area contributed by atoms with Gasteiger partial charge in [-0.2, -0.15) is 0 Å². The first kappa shape index (κ1) is 11.9. The Morgan fingerprint density at radius 3 is 2.81 bits per heavy atom. The Morgan fingerprint density at radius 2 is 2.19 bits per heavy atom. The molecule has 92 valence electrons. The molecule has 1 amide bonds. The van der Waals surface area contributed by atoms with E-state index in [1.54, 1.807) is 0 Å². The molecule has 0 aromatic rings. The lowest BCUT2D eigenvalue weighted by Gasteiger charge is -2.25. The van der Waals surface area contributed by atoms with Crippen LogP contribution in [0.3, 0.4) is 0 Å². The van der Waals surface area contributed by atoms with Crippen LogP contribution in [0.5, 0.6) is 0 Å². The molecule has 2 unspecified atom stereocenters. The minimum absolute atomic E-state index is 0.00797. The maximum Gasteiger partial charge on any atom is 0.227 e. The van der Waals surface area contributed by atoms with Crippen molar-refractivity contribution in [2.24, 2.45) is 11.8 Å². The predicted octanol–water partition coefficient (Wildman–Crippen LogP) is 0.527. The molecule has 0 aromatic carbocycles. The molecule has 2 rings (SSSR count). The van der Waals surface area contributed by atoms with E-state index in [4.69, 9.17) is 4.74 Å². The van der Waals surface area contributed by atoms with Gasteiger partial charge in [0.2, 0.25) is 5.91 Å². The number of hydrogen-bond acceptors (Lipinski definition) is 3. The molecule has 16 heavy (non-hydrogen) atoms. The lowest BCUT2D eigenvalue weighted by Crippen LogP contribution is -2.43. The molecule has 2 fully saturated rings. The lowest BCUT2D eigenvalue weighted by molar-refractivity contribution is -0.125. The molecule has 1 saturated heterocycles. The molecule has 0 radical (unpaired) electrons. The van der Waals surface area contributed by atoms with Crippen LogP contribution in [-0.2, 0) is 9.53 Å². The fourth-order valence-corrected chi connectivity index (χ4v) is 2.41. The first-order chi connectivity index (χ1) is 7.81. The highest BCUT2D eigenvalue weighted by atomic mass is 16.5. The van der Waals surface area contributed by atoms with E-state index in [9.17, 15) is 4.79 Å². The molecule has 1 aliphatic carbocycles. The smallest absolute Gasteiger partial charge is 0.227 e. The van der Waals surface area contributed by atoms with Crippen molar-refractivity contribution in [1.29, 1.82) is 0 Å². The summed E-state index contributed by atoms with van der Waals surface area (Å²) < 4.78 is 5.32. The van der Waals surface area contributed by atoms with Crippen LogP contribution in [0, 0.1) is 11.8 Å². The maximum atomic E-state index is 11.9. The summed E-state index contributed by atoms with van der Waals surface area (Å²) in [5.74, 6) is 1.00. The monoisotopic (exact) mass is 226 g/mol. The second-order valence-electron chi connectivity index (χ2n) is 4.92. The summed E-state index contributed by atoms with van der Waals surface area (Å²) in [6.45, 7) is 2.04. The third-order valence-corrected chi connectivity index (χ3v) is 3.86. The van der Waals surface area contributed by atoms with Crippen molar-refractivity contribution in [3.05, 3.63) is 0 Å². The molecule has 2 aliphatic rings. The van der Waals surface area contributed by atoms with Gasteiger partial charge in [-0.3, -0.25) is 4.79 Å². The van der Waals surface area contributed by atoms with Crippen molar-refractivity contribution in [1.82, 2.24) is 10.6 Å². The van der Waals surface area contributed by atoms with Crippen LogP contribution in [0.25, 0.3) is 0 Å². The summed E-state index contributed by atoms with van der Waals surface area (Å²) in [6, 6.07) is 0.184. The van der Waals surface area contributed by atoms with Crippen molar-refractivity contribution < 1.29 is 9.53 Å². The van der Waals surface area contributed by atoms with Crippen LogP contribution < -0.4 is 10.6 Å². The SMILES string of the molecule is CNC1COCC1C(=O)NCCC1CCC1. The Hall–Kier alpha value is -0.610. The van der Waals surface area contributed by atoms with Gasteiger partial charge in [-0.15, -0.1) is 0 Å². The standard InChI is InChI=1S/C12H22N2O2/c1-13-11-8-16-7-10(11)12(15)14-6-5-9-3-2-4-9/h9-11,13H,2-8H2,1H3,(H,14,15). The predicted molar refractivity (Wildman–Crippen MR) is 62.1 cm³/mol. The third-order valence-electron chi connectivity index (χ3n) is 3.86. The summed E-state index contributed by atoms with van der Waals surface area (Å²) >= 11 is 0. The summed E-state index contributed by atoms with van der Waals surface area (Å²) in [4.78, 5) is 11.9. The summed E-state index contributed by atoms with van der Waals surface area (Å²) in [5.41, 5.74) is 0. The number of ether oxygens (including phenoxy) is 1. The maximum absolute atomic E-state index is 11.9. The van der Waals surface area contributed by atoms with E-state index in [1.807, 2.05) is 7.05 Å². The zero-order chi connectivity index (χ0) is 11.4. The van der Waals surface area contributed by atoms with Crippen molar-refractivity contribution in [3.8, 4) is 0 Å². The molecular weight excluding hydrogens is 204 g/mol. The Labute approximate surface area is 97.1 Å². The van der Waals surface area contributed by atoms with Gasteiger partial charge in [0.05, 0.1) is 19.1 Å². The molecule has 1 aliphatic heterocycles. The van der Waals surface area contributed by atoms with E-state index >= 15 is 0 Å². The Balaban J connectivity index is 1.66. The van der Waals surface area contributed by atoms with Gasteiger partial charge < -0.3 is 15.4 Å². The summed E-state index contributed by atoms with van der Waals surface area (Å²) in [6.07, 6.45) is 5.21. The minimum atomic E-state index is -0.00797. The average molecular weight is 226 g/mol. The van der Waals surface area contributed by atoms with Gasteiger partial charge in [0.1, 0.15) is 0 Å². The first-order valence-corrected chi connectivity index (χ1v) is 6.34. The molecular formula is C12H22N2O2.